The Hall–Kier alpha value is -1.96. The molecule has 0 aliphatic heterocycles. The van der Waals surface area contributed by atoms with Crippen molar-refractivity contribution in [1.29, 1.82) is 0 Å². The average molecular weight is 374 g/mol. The minimum atomic E-state index is -4.87. The molecule has 1 amide bonds. The van der Waals surface area contributed by atoms with E-state index in [1.54, 1.807) is 4.57 Å². The van der Waals surface area contributed by atoms with Gasteiger partial charge in [0.1, 0.15) is 5.82 Å². The Kier molecular flexibility index (Phi) is 5.51. The summed E-state index contributed by atoms with van der Waals surface area (Å²) in [6, 6.07) is 2.61. The second kappa shape index (κ2) is 7.11. The van der Waals surface area contributed by atoms with Crippen LogP contribution >= 0.6 is 11.3 Å². The smallest absolute Gasteiger partial charge is 0.321 e. The average Bonchev–Trinajstić information content (AvgIpc) is 2.82. The number of aromatic nitrogens is 1. The normalized spacial score (nSPS) is 12.9. The number of hydrogen-bond acceptors (Lipinski definition) is 2. The monoisotopic (exact) mass is 374 g/mol. The summed E-state index contributed by atoms with van der Waals surface area (Å²) in [7, 11) is 0. The maximum absolute atomic E-state index is 14.1. The summed E-state index contributed by atoms with van der Waals surface area (Å²) in [6.07, 6.45) is -4.87. The predicted molar refractivity (Wildman–Crippen MR) is 88.1 cm³/mol. The third-order valence-electron chi connectivity index (χ3n) is 3.77. The SMILES string of the molecule is CCn1c(C)c(C(C)C)s/c1=N\C(=O)c1cccc(C(F)(F)F)c1F. The molecule has 0 N–H and O–H groups in total. The van der Waals surface area contributed by atoms with Crippen molar-refractivity contribution in [2.75, 3.05) is 0 Å². The lowest BCUT2D eigenvalue weighted by Crippen LogP contribution is -2.18. The van der Waals surface area contributed by atoms with Gasteiger partial charge in [0.15, 0.2) is 4.80 Å². The van der Waals surface area contributed by atoms with Crippen molar-refractivity contribution in [1.82, 2.24) is 4.57 Å². The molecule has 1 aromatic heterocycles. The van der Waals surface area contributed by atoms with Crippen LogP contribution in [0.15, 0.2) is 23.2 Å². The number of halogens is 4. The summed E-state index contributed by atoms with van der Waals surface area (Å²) >= 11 is 1.29. The van der Waals surface area contributed by atoms with Crippen LogP contribution < -0.4 is 4.80 Å². The third kappa shape index (κ3) is 3.84. The molecule has 0 spiro atoms. The molecule has 0 saturated carbocycles. The highest BCUT2D eigenvalue weighted by Crippen LogP contribution is 2.32. The number of thiazole rings is 1. The van der Waals surface area contributed by atoms with E-state index in [1.807, 2.05) is 27.7 Å². The lowest BCUT2D eigenvalue weighted by Gasteiger charge is -2.09. The van der Waals surface area contributed by atoms with E-state index in [-0.39, 0.29) is 5.92 Å². The van der Waals surface area contributed by atoms with Gasteiger partial charge in [0.25, 0.3) is 5.91 Å². The number of carbonyl (C=O) groups excluding carboxylic acids is 1. The number of hydrogen-bond donors (Lipinski definition) is 0. The van der Waals surface area contributed by atoms with E-state index in [1.165, 1.54) is 11.3 Å². The molecule has 3 nitrogen and oxygen atoms in total. The lowest BCUT2D eigenvalue weighted by atomic mass is 10.1. The zero-order chi connectivity index (χ0) is 18.9. The Labute approximate surface area is 146 Å². The van der Waals surface area contributed by atoms with Gasteiger partial charge < -0.3 is 4.57 Å². The number of rotatable bonds is 3. The largest absolute Gasteiger partial charge is 0.419 e. The van der Waals surface area contributed by atoms with Crippen LogP contribution in [-0.4, -0.2) is 10.5 Å². The van der Waals surface area contributed by atoms with Crippen LogP contribution in [0, 0.1) is 12.7 Å². The van der Waals surface area contributed by atoms with Crippen LogP contribution in [0.3, 0.4) is 0 Å². The van der Waals surface area contributed by atoms with E-state index in [4.69, 9.17) is 0 Å². The van der Waals surface area contributed by atoms with Gasteiger partial charge in [-0.3, -0.25) is 4.79 Å². The van der Waals surface area contributed by atoms with Crippen molar-refractivity contribution in [3.63, 3.8) is 0 Å². The Morgan fingerprint density at radius 1 is 1.32 bits per heavy atom. The maximum atomic E-state index is 14.1. The first-order chi connectivity index (χ1) is 11.6. The van der Waals surface area contributed by atoms with Crippen molar-refractivity contribution in [2.24, 2.45) is 4.99 Å². The van der Waals surface area contributed by atoms with Crippen molar-refractivity contribution >= 4 is 17.2 Å². The molecular weight excluding hydrogens is 356 g/mol. The Morgan fingerprint density at radius 3 is 2.48 bits per heavy atom. The number of amides is 1. The van der Waals surface area contributed by atoms with Gasteiger partial charge in [-0.15, -0.1) is 11.3 Å². The molecule has 1 aromatic carbocycles. The zero-order valence-electron chi connectivity index (χ0n) is 14.2. The minimum absolute atomic E-state index is 0.215. The van der Waals surface area contributed by atoms with Crippen LogP contribution in [0.1, 0.15) is 53.2 Å². The Balaban J connectivity index is 2.58. The van der Waals surface area contributed by atoms with Crippen LogP contribution in [-0.2, 0) is 12.7 Å². The van der Waals surface area contributed by atoms with Gasteiger partial charge in [0, 0.05) is 17.1 Å². The van der Waals surface area contributed by atoms with E-state index in [2.05, 4.69) is 4.99 Å². The van der Waals surface area contributed by atoms with Gasteiger partial charge in [-0.05, 0) is 31.9 Å². The molecular formula is C17H18F4N2OS. The summed E-state index contributed by atoms with van der Waals surface area (Å²) in [4.78, 5) is 17.6. The van der Waals surface area contributed by atoms with Crippen molar-refractivity contribution in [2.45, 2.75) is 46.3 Å². The van der Waals surface area contributed by atoms with Gasteiger partial charge >= 0.3 is 6.18 Å². The van der Waals surface area contributed by atoms with Crippen LogP contribution in [0.2, 0.25) is 0 Å². The molecule has 0 atom stereocenters. The molecule has 0 aliphatic carbocycles. The molecule has 0 aliphatic rings. The summed E-state index contributed by atoms with van der Waals surface area (Å²) in [6.45, 7) is 8.31. The second-order valence-electron chi connectivity index (χ2n) is 5.82. The topological polar surface area (TPSA) is 34.4 Å². The molecule has 2 aromatic rings. The first-order valence-corrected chi connectivity index (χ1v) is 8.54. The molecule has 0 fully saturated rings. The van der Waals surface area contributed by atoms with Gasteiger partial charge in [-0.2, -0.15) is 18.2 Å². The van der Waals surface area contributed by atoms with Crippen molar-refractivity contribution < 1.29 is 22.4 Å². The van der Waals surface area contributed by atoms with Crippen LogP contribution in [0.5, 0.6) is 0 Å². The Morgan fingerprint density at radius 2 is 1.96 bits per heavy atom. The highest BCUT2D eigenvalue weighted by atomic mass is 32.1. The summed E-state index contributed by atoms with van der Waals surface area (Å²) in [5.74, 6) is -2.40. The maximum Gasteiger partial charge on any atom is 0.419 e. The predicted octanol–water partition coefficient (Wildman–Crippen LogP) is 4.90. The van der Waals surface area contributed by atoms with Crippen molar-refractivity contribution in [3.8, 4) is 0 Å². The molecule has 0 saturated heterocycles. The van der Waals surface area contributed by atoms with E-state index in [0.29, 0.717) is 17.4 Å². The van der Waals surface area contributed by atoms with Crippen molar-refractivity contribution in [3.05, 3.63) is 50.5 Å². The summed E-state index contributed by atoms with van der Waals surface area (Å²) in [5.41, 5.74) is -1.21. The molecule has 2 rings (SSSR count). The molecule has 136 valence electrons. The van der Waals surface area contributed by atoms with E-state index >= 15 is 0 Å². The van der Waals surface area contributed by atoms with Gasteiger partial charge in [-0.1, -0.05) is 19.9 Å². The summed E-state index contributed by atoms with van der Waals surface area (Å²) < 4.78 is 54.3. The fraction of sp³-hybridized carbons (Fsp3) is 0.412. The third-order valence-corrected chi connectivity index (χ3v) is 5.25. The van der Waals surface area contributed by atoms with E-state index in [9.17, 15) is 22.4 Å². The van der Waals surface area contributed by atoms with Crippen LogP contribution in [0.4, 0.5) is 17.6 Å². The minimum Gasteiger partial charge on any atom is -0.321 e. The zero-order valence-corrected chi connectivity index (χ0v) is 15.1. The number of nitrogens with zero attached hydrogens (tertiary/aromatic N) is 2. The van der Waals surface area contributed by atoms with Gasteiger partial charge in [0.2, 0.25) is 0 Å². The molecule has 0 radical (unpaired) electrons. The van der Waals surface area contributed by atoms with E-state index < -0.39 is 29.0 Å². The van der Waals surface area contributed by atoms with E-state index in [0.717, 1.165) is 22.7 Å². The standard InChI is InChI=1S/C17H18F4N2OS/c1-5-23-10(4)14(9(2)3)25-16(23)22-15(24)11-7-6-8-12(13(11)18)17(19,20)21/h6-9H,5H2,1-4H3/b22-16-. The number of alkyl halides is 3. The molecule has 0 unspecified atom stereocenters. The van der Waals surface area contributed by atoms with Gasteiger partial charge in [-0.25, -0.2) is 4.39 Å². The highest BCUT2D eigenvalue weighted by Gasteiger charge is 2.35. The first-order valence-electron chi connectivity index (χ1n) is 7.72. The quantitative estimate of drug-likeness (QED) is 0.704. The second-order valence-corrected chi connectivity index (χ2v) is 6.82. The van der Waals surface area contributed by atoms with Gasteiger partial charge in [0.05, 0.1) is 11.1 Å². The number of carbonyl (C=O) groups is 1. The van der Waals surface area contributed by atoms with Crippen LogP contribution in [0.25, 0.3) is 0 Å². The Bertz CT molecular complexity index is 863. The fourth-order valence-electron chi connectivity index (χ4n) is 2.56. The molecule has 1 heterocycles. The fourth-order valence-corrected chi connectivity index (χ4v) is 3.75. The lowest BCUT2D eigenvalue weighted by molar-refractivity contribution is -0.140. The first kappa shape index (κ1) is 19.4. The number of benzene rings is 1. The molecule has 25 heavy (non-hydrogen) atoms. The molecule has 0 bridgehead atoms. The highest BCUT2D eigenvalue weighted by molar-refractivity contribution is 7.09. The molecule has 8 heteroatoms. The summed E-state index contributed by atoms with van der Waals surface area (Å²) in [5, 5.41) is 0.